The van der Waals surface area contributed by atoms with Crippen molar-refractivity contribution in [3.05, 3.63) is 34.4 Å². The molecule has 0 bridgehead atoms. The fourth-order valence-corrected chi connectivity index (χ4v) is 2.26. The fraction of sp³-hybridized carbons (Fsp3) is 0.267. The molecule has 1 heterocycles. The number of hydrogen-bond acceptors (Lipinski definition) is 5. The molecule has 0 atom stereocenters. The minimum Gasteiger partial charge on any atom is -0.316 e. The molecule has 1 aromatic carbocycles. The van der Waals surface area contributed by atoms with Crippen molar-refractivity contribution in [2.45, 2.75) is 20.4 Å². The topological polar surface area (TPSA) is 93.4 Å². The minimum absolute atomic E-state index is 0.00667. The van der Waals surface area contributed by atoms with E-state index >= 15 is 0 Å². The summed E-state index contributed by atoms with van der Waals surface area (Å²) in [6, 6.07) is 3.74. The van der Waals surface area contributed by atoms with Crippen LogP contribution in [-0.2, 0) is 16.1 Å². The molecular weight excluding hydrogens is 284 g/mol. The Bertz CT molecular complexity index is 837. The Kier molecular flexibility index (Phi) is 4.45. The second-order valence-corrected chi connectivity index (χ2v) is 4.80. The normalized spacial score (nSPS) is 11.5. The molecule has 1 aromatic heterocycles. The highest BCUT2D eigenvalue weighted by Crippen LogP contribution is 2.17. The number of aryl methyl sites for hydroxylation is 2. The minimum atomic E-state index is -0.657. The maximum Gasteiger partial charge on any atom is 0.280 e. The van der Waals surface area contributed by atoms with Crippen molar-refractivity contribution >= 4 is 29.6 Å². The Morgan fingerprint density at radius 2 is 2.00 bits per heavy atom. The van der Waals surface area contributed by atoms with Crippen LogP contribution in [0.2, 0.25) is 0 Å². The molecule has 0 fully saturated rings. The number of hydrogen-bond donors (Lipinski definition) is 1. The zero-order valence-corrected chi connectivity index (χ0v) is 12.6. The summed E-state index contributed by atoms with van der Waals surface area (Å²) in [6.45, 7) is 3.93. The largest absolute Gasteiger partial charge is 0.316 e. The van der Waals surface area contributed by atoms with Gasteiger partial charge in [0.25, 0.3) is 5.91 Å². The number of aldehydes is 1. The number of nitrogens with zero attached hydrogens (tertiary/aromatic N) is 3. The predicted molar refractivity (Wildman–Crippen MR) is 80.3 cm³/mol. The molecule has 2 aromatic rings. The maximum absolute atomic E-state index is 12.0. The number of fused-ring (bicyclic) bond motifs is 1. The van der Waals surface area contributed by atoms with E-state index in [0.717, 1.165) is 17.4 Å². The third-order valence-corrected chi connectivity index (χ3v) is 3.46. The number of rotatable bonds is 4. The SMILES string of the molecule is CN=c1c(C(=O)NC=O)nc2cc(C)c(C)cc2n1CC=O. The Labute approximate surface area is 126 Å². The van der Waals surface area contributed by atoms with Gasteiger partial charge in [-0.05, 0) is 37.1 Å². The van der Waals surface area contributed by atoms with Crippen LogP contribution in [0, 0.1) is 13.8 Å². The third-order valence-electron chi connectivity index (χ3n) is 3.46. The summed E-state index contributed by atoms with van der Waals surface area (Å²) in [4.78, 5) is 41.9. The third kappa shape index (κ3) is 2.65. The van der Waals surface area contributed by atoms with E-state index in [2.05, 4.69) is 15.3 Å². The molecule has 0 unspecified atom stereocenters. The van der Waals surface area contributed by atoms with Crippen LogP contribution in [0.5, 0.6) is 0 Å². The number of carbonyl (C=O) groups excluding carboxylic acids is 3. The summed E-state index contributed by atoms with van der Waals surface area (Å²) in [5.74, 6) is -0.657. The molecule has 0 aliphatic rings. The van der Waals surface area contributed by atoms with Crippen molar-refractivity contribution in [1.82, 2.24) is 14.9 Å². The first kappa shape index (κ1) is 15.6. The highest BCUT2D eigenvalue weighted by Gasteiger charge is 2.16. The van der Waals surface area contributed by atoms with Crippen LogP contribution in [0.3, 0.4) is 0 Å². The van der Waals surface area contributed by atoms with Gasteiger partial charge in [0.2, 0.25) is 6.41 Å². The monoisotopic (exact) mass is 300 g/mol. The fourth-order valence-electron chi connectivity index (χ4n) is 2.26. The van der Waals surface area contributed by atoms with Crippen molar-refractivity contribution in [1.29, 1.82) is 0 Å². The van der Waals surface area contributed by atoms with Crippen LogP contribution in [0.25, 0.3) is 11.0 Å². The van der Waals surface area contributed by atoms with E-state index in [1.54, 1.807) is 4.57 Å². The average molecular weight is 300 g/mol. The molecule has 7 nitrogen and oxygen atoms in total. The van der Waals surface area contributed by atoms with Crippen LogP contribution in [0.1, 0.15) is 21.6 Å². The van der Waals surface area contributed by atoms with Crippen LogP contribution in [-0.4, -0.2) is 35.2 Å². The van der Waals surface area contributed by atoms with Crippen LogP contribution >= 0.6 is 0 Å². The number of benzene rings is 1. The second kappa shape index (κ2) is 6.30. The lowest BCUT2D eigenvalue weighted by Crippen LogP contribution is -2.35. The molecule has 0 aliphatic carbocycles. The van der Waals surface area contributed by atoms with Crippen molar-refractivity contribution in [2.24, 2.45) is 4.99 Å². The molecule has 0 radical (unpaired) electrons. The van der Waals surface area contributed by atoms with Gasteiger partial charge in [-0.1, -0.05) is 0 Å². The highest BCUT2D eigenvalue weighted by atomic mass is 16.2. The summed E-state index contributed by atoms with van der Waals surface area (Å²) in [5, 5.41) is 2.05. The van der Waals surface area contributed by atoms with Gasteiger partial charge in [0.05, 0.1) is 17.6 Å². The zero-order valence-electron chi connectivity index (χ0n) is 12.6. The summed E-state index contributed by atoms with van der Waals surface area (Å²) in [6.07, 6.45) is 1.02. The number of imide groups is 1. The first-order valence-corrected chi connectivity index (χ1v) is 6.66. The van der Waals surface area contributed by atoms with Gasteiger partial charge in [-0.15, -0.1) is 0 Å². The molecule has 0 spiro atoms. The van der Waals surface area contributed by atoms with Gasteiger partial charge in [0, 0.05) is 7.05 Å². The van der Waals surface area contributed by atoms with Crippen LogP contribution < -0.4 is 10.8 Å². The lowest BCUT2D eigenvalue weighted by atomic mass is 10.1. The van der Waals surface area contributed by atoms with Crippen molar-refractivity contribution in [3.8, 4) is 0 Å². The number of carbonyl (C=O) groups is 3. The molecule has 2 rings (SSSR count). The van der Waals surface area contributed by atoms with Crippen molar-refractivity contribution in [2.75, 3.05) is 7.05 Å². The Hall–Kier alpha value is -2.83. The molecule has 0 saturated heterocycles. The van der Waals surface area contributed by atoms with Gasteiger partial charge in [0.15, 0.2) is 11.2 Å². The Morgan fingerprint density at radius 3 is 2.59 bits per heavy atom. The molecule has 1 N–H and O–H groups in total. The van der Waals surface area contributed by atoms with E-state index in [-0.39, 0.29) is 24.1 Å². The van der Waals surface area contributed by atoms with Gasteiger partial charge < -0.3 is 9.36 Å². The van der Waals surface area contributed by atoms with Gasteiger partial charge in [-0.2, -0.15) is 0 Å². The number of aromatic nitrogens is 2. The zero-order chi connectivity index (χ0) is 16.3. The first-order chi connectivity index (χ1) is 10.5. The lowest BCUT2D eigenvalue weighted by Gasteiger charge is -2.13. The molecule has 0 aliphatic heterocycles. The van der Waals surface area contributed by atoms with E-state index in [1.165, 1.54) is 7.05 Å². The van der Waals surface area contributed by atoms with Gasteiger partial charge in [0.1, 0.15) is 6.29 Å². The van der Waals surface area contributed by atoms with Gasteiger partial charge >= 0.3 is 0 Å². The van der Waals surface area contributed by atoms with Crippen LogP contribution in [0.15, 0.2) is 17.1 Å². The quantitative estimate of drug-likeness (QED) is 0.820. The van der Waals surface area contributed by atoms with Gasteiger partial charge in [-0.25, -0.2) is 4.98 Å². The Balaban J connectivity index is 2.93. The van der Waals surface area contributed by atoms with E-state index in [4.69, 9.17) is 0 Å². The highest BCUT2D eigenvalue weighted by molar-refractivity contribution is 5.99. The summed E-state index contributed by atoms with van der Waals surface area (Å²) in [7, 11) is 1.50. The Morgan fingerprint density at radius 1 is 1.32 bits per heavy atom. The average Bonchev–Trinajstić information content (AvgIpc) is 2.49. The predicted octanol–water partition coefficient (Wildman–Crippen LogP) is 0.269. The van der Waals surface area contributed by atoms with Gasteiger partial charge in [-0.3, -0.25) is 19.9 Å². The standard InChI is InChI=1S/C15H16N4O3/c1-9-6-11-12(7-10(9)2)19(4-5-20)14(16-3)13(18-11)15(22)17-8-21/h5-8H,4H2,1-3H3,(H,17,21,22). The molecule has 114 valence electrons. The number of amides is 2. The summed E-state index contributed by atoms with van der Waals surface area (Å²) >= 11 is 0. The maximum atomic E-state index is 12.0. The van der Waals surface area contributed by atoms with Crippen LogP contribution in [0.4, 0.5) is 0 Å². The first-order valence-electron chi connectivity index (χ1n) is 6.66. The second-order valence-electron chi connectivity index (χ2n) is 4.80. The summed E-state index contributed by atoms with van der Waals surface area (Å²) < 4.78 is 1.61. The summed E-state index contributed by atoms with van der Waals surface area (Å²) in [5.41, 5.74) is 3.59. The molecular formula is C15H16N4O3. The molecule has 2 amide bonds. The lowest BCUT2D eigenvalue weighted by molar-refractivity contribution is -0.109. The van der Waals surface area contributed by atoms with Crippen molar-refractivity contribution in [3.63, 3.8) is 0 Å². The smallest absolute Gasteiger partial charge is 0.280 e. The molecule has 22 heavy (non-hydrogen) atoms. The van der Waals surface area contributed by atoms with E-state index < -0.39 is 5.91 Å². The van der Waals surface area contributed by atoms with E-state index in [9.17, 15) is 14.4 Å². The van der Waals surface area contributed by atoms with E-state index in [1.807, 2.05) is 26.0 Å². The molecule has 7 heteroatoms. The number of nitrogens with one attached hydrogen (secondary N) is 1. The van der Waals surface area contributed by atoms with Crippen molar-refractivity contribution < 1.29 is 14.4 Å². The molecule has 0 saturated carbocycles. The van der Waals surface area contributed by atoms with E-state index in [0.29, 0.717) is 11.0 Å².